The highest BCUT2D eigenvalue weighted by molar-refractivity contribution is 7.92. The first-order valence-corrected chi connectivity index (χ1v) is 16.3. The van der Waals surface area contributed by atoms with E-state index in [0.29, 0.717) is 34.3 Å². The van der Waals surface area contributed by atoms with Crippen LogP contribution in [0, 0.1) is 0 Å². The monoisotopic (exact) mass is 607 g/mol. The Morgan fingerprint density at radius 2 is 1.91 bits per heavy atom. The molecular weight excluding hydrogens is 566 g/mol. The summed E-state index contributed by atoms with van der Waals surface area (Å²) in [4.78, 5) is 12.6. The number of nitrogens with zero attached hydrogens (tertiary/aromatic N) is 5. The van der Waals surface area contributed by atoms with Crippen LogP contribution in [0.2, 0.25) is 0 Å². The number of allylic oxidation sites excluding steroid dienone is 3. The topological polar surface area (TPSA) is 147 Å². The fourth-order valence-corrected chi connectivity index (χ4v) is 6.44. The van der Waals surface area contributed by atoms with Gasteiger partial charge in [-0.15, -0.1) is 5.10 Å². The van der Waals surface area contributed by atoms with E-state index >= 15 is 0 Å². The van der Waals surface area contributed by atoms with Crippen LogP contribution in [0.3, 0.4) is 0 Å². The van der Waals surface area contributed by atoms with E-state index in [4.69, 9.17) is 15.6 Å². The minimum absolute atomic E-state index is 0.161. The van der Waals surface area contributed by atoms with E-state index in [1.54, 1.807) is 16.8 Å². The van der Waals surface area contributed by atoms with Crippen molar-refractivity contribution in [2.45, 2.75) is 83.7 Å². The zero-order chi connectivity index (χ0) is 31.5. The fourth-order valence-electron chi connectivity index (χ4n) is 5.89. The third-order valence-electron chi connectivity index (χ3n) is 8.28. The molecule has 1 amide bonds. The van der Waals surface area contributed by atoms with Crippen molar-refractivity contribution >= 4 is 21.6 Å². The summed E-state index contributed by atoms with van der Waals surface area (Å²) >= 11 is 0. The number of anilines is 1. The number of aromatic nitrogens is 5. The Kier molecular flexibility index (Phi) is 7.56. The number of carbonyl (C=O) groups excluding carboxylic acids is 1. The Bertz CT molecular complexity index is 1750. The summed E-state index contributed by atoms with van der Waals surface area (Å²) < 4.78 is 37.4. The SMILES string of the molecule is COc1c(NS(C)(=O)=O)cc(C(C)(C)C)cc1C1(n2cc(-c3cnn(C4CC4)c3C(C)C)nn2)CC(C(N)=O)=CC=C1C. The smallest absolute Gasteiger partial charge is 0.244 e. The van der Waals surface area contributed by atoms with Gasteiger partial charge in [-0.25, -0.2) is 13.1 Å². The lowest BCUT2D eigenvalue weighted by Gasteiger charge is -2.39. The first-order valence-electron chi connectivity index (χ1n) is 14.5. The molecule has 1 fully saturated rings. The second-order valence-corrected chi connectivity index (χ2v) is 14.7. The Balaban J connectivity index is 1.80. The van der Waals surface area contributed by atoms with Crippen LogP contribution in [0.15, 0.2) is 47.8 Å². The molecule has 0 aliphatic heterocycles. The molecule has 2 heterocycles. The Labute approximate surface area is 253 Å². The van der Waals surface area contributed by atoms with Gasteiger partial charge in [-0.1, -0.05) is 52.0 Å². The molecule has 1 aromatic carbocycles. The maximum atomic E-state index is 12.6. The van der Waals surface area contributed by atoms with Crippen LogP contribution in [0.5, 0.6) is 5.75 Å². The summed E-state index contributed by atoms with van der Waals surface area (Å²) in [6.45, 7) is 12.4. The molecule has 43 heavy (non-hydrogen) atoms. The molecule has 2 aliphatic carbocycles. The van der Waals surface area contributed by atoms with Crippen LogP contribution in [0.25, 0.3) is 11.3 Å². The maximum Gasteiger partial charge on any atom is 0.244 e. The van der Waals surface area contributed by atoms with E-state index in [2.05, 4.69) is 33.6 Å². The zero-order valence-corrected chi connectivity index (χ0v) is 26.9. The summed E-state index contributed by atoms with van der Waals surface area (Å²) in [5, 5.41) is 14.0. The molecule has 12 heteroatoms. The van der Waals surface area contributed by atoms with E-state index in [0.717, 1.165) is 41.5 Å². The molecule has 0 bridgehead atoms. The summed E-state index contributed by atoms with van der Waals surface area (Å²) in [5.41, 5.74) is 10.1. The molecule has 0 radical (unpaired) electrons. The molecule has 1 atom stereocenters. The number of ether oxygens (including phenoxy) is 1. The molecule has 1 unspecified atom stereocenters. The van der Waals surface area contributed by atoms with Gasteiger partial charge >= 0.3 is 0 Å². The van der Waals surface area contributed by atoms with Gasteiger partial charge in [0.2, 0.25) is 15.9 Å². The third kappa shape index (κ3) is 5.60. The number of nitrogens with two attached hydrogens (primary N) is 1. The van der Waals surface area contributed by atoms with Crippen molar-refractivity contribution in [3.05, 3.63) is 64.6 Å². The lowest BCUT2D eigenvalue weighted by atomic mass is 9.72. The van der Waals surface area contributed by atoms with Crippen molar-refractivity contribution in [1.82, 2.24) is 24.8 Å². The largest absolute Gasteiger partial charge is 0.494 e. The van der Waals surface area contributed by atoms with Crippen LogP contribution >= 0.6 is 0 Å². The van der Waals surface area contributed by atoms with Gasteiger partial charge in [0, 0.05) is 23.1 Å². The minimum Gasteiger partial charge on any atom is -0.494 e. The van der Waals surface area contributed by atoms with Crippen LogP contribution in [-0.4, -0.2) is 52.5 Å². The van der Waals surface area contributed by atoms with E-state index in [1.165, 1.54) is 7.11 Å². The molecule has 1 saturated carbocycles. The zero-order valence-electron chi connectivity index (χ0n) is 26.1. The van der Waals surface area contributed by atoms with Crippen molar-refractivity contribution in [2.24, 2.45) is 5.73 Å². The molecule has 2 aliphatic rings. The quantitative estimate of drug-likeness (QED) is 0.356. The predicted octanol–water partition coefficient (Wildman–Crippen LogP) is 4.78. The molecule has 5 rings (SSSR count). The number of carbonyl (C=O) groups is 1. The van der Waals surface area contributed by atoms with Gasteiger partial charge in [0.1, 0.15) is 17.0 Å². The summed E-state index contributed by atoms with van der Waals surface area (Å²) in [6.07, 6.45) is 10.8. The van der Waals surface area contributed by atoms with E-state index in [1.807, 2.05) is 52.2 Å². The van der Waals surface area contributed by atoms with Gasteiger partial charge in [0.15, 0.2) is 0 Å². The molecule has 230 valence electrons. The first-order chi connectivity index (χ1) is 20.1. The Hall–Kier alpha value is -3.93. The highest BCUT2D eigenvalue weighted by Gasteiger charge is 2.45. The molecule has 2 aromatic heterocycles. The average molecular weight is 608 g/mol. The van der Waals surface area contributed by atoms with Crippen LogP contribution < -0.4 is 15.2 Å². The van der Waals surface area contributed by atoms with E-state index in [-0.39, 0.29) is 17.8 Å². The predicted molar refractivity (Wildman–Crippen MR) is 166 cm³/mol. The summed E-state index contributed by atoms with van der Waals surface area (Å²) in [6, 6.07) is 4.20. The number of amides is 1. The lowest BCUT2D eigenvalue weighted by Crippen LogP contribution is -2.41. The molecule has 11 nitrogen and oxygen atoms in total. The third-order valence-corrected chi connectivity index (χ3v) is 8.87. The van der Waals surface area contributed by atoms with Gasteiger partial charge in [0.05, 0.1) is 43.2 Å². The Morgan fingerprint density at radius 1 is 1.21 bits per heavy atom. The van der Waals surface area contributed by atoms with Gasteiger partial charge < -0.3 is 10.5 Å². The number of primary amides is 1. The number of hydrogen-bond acceptors (Lipinski definition) is 7. The second-order valence-electron chi connectivity index (χ2n) is 13.0. The van der Waals surface area contributed by atoms with Gasteiger partial charge in [-0.05, 0) is 54.4 Å². The van der Waals surface area contributed by atoms with Crippen molar-refractivity contribution < 1.29 is 17.9 Å². The van der Waals surface area contributed by atoms with Crippen molar-refractivity contribution in [3.8, 4) is 17.0 Å². The second kappa shape index (κ2) is 10.7. The van der Waals surface area contributed by atoms with Crippen molar-refractivity contribution in [1.29, 1.82) is 0 Å². The Morgan fingerprint density at radius 3 is 2.47 bits per heavy atom. The number of sulfonamides is 1. The average Bonchev–Trinajstić information content (AvgIpc) is 3.45. The van der Waals surface area contributed by atoms with E-state index < -0.39 is 21.5 Å². The van der Waals surface area contributed by atoms with Gasteiger partial charge in [-0.2, -0.15) is 5.10 Å². The van der Waals surface area contributed by atoms with Crippen molar-refractivity contribution in [2.75, 3.05) is 18.1 Å². The maximum absolute atomic E-state index is 12.6. The molecule has 0 saturated heterocycles. The first kappa shape index (κ1) is 30.5. The summed E-state index contributed by atoms with van der Waals surface area (Å²) in [7, 11) is -2.16. The van der Waals surface area contributed by atoms with Crippen LogP contribution in [-0.2, 0) is 25.8 Å². The standard InChI is InChI=1S/C31H41N7O4S/c1-18(2)27-23(16-33-38(27)22-11-12-22)26-17-37(36-34-26)31(15-20(29(32)39)10-9-19(31)3)24-13-21(30(4,5)6)14-25(28(24)42-7)35-43(8,40)41/h9-10,13-14,16-18,22,35H,11-12,15H2,1-8H3,(H2,32,39). The van der Waals surface area contributed by atoms with Gasteiger partial charge in [0.25, 0.3) is 0 Å². The normalized spacial score (nSPS) is 19.3. The molecular formula is C31H41N7O4S. The van der Waals surface area contributed by atoms with E-state index in [9.17, 15) is 13.2 Å². The number of methoxy groups -OCH3 is 1. The minimum atomic E-state index is -3.66. The number of hydrogen-bond donors (Lipinski definition) is 2. The van der Waals surface area contributed by atoms with Crippen molar-refractivity contribution in [3.63, 3.8) is 0 Å². The molecule has 3 aromatic rings. The molecule has 0 spiro atoms. The van der Waals surface area contributed by atoms with Gasteiger partial charge in [-0.3, -0.25) is 14.2 Å². The molecule has 3 N–H and O–H groups in total. The highest BCUT2D eigenvalue weighted by atomic mass is 32.2. The highest BCUT2D eigenvalue weighted by Crippen LogP contribution is 2.50. The number of rotatable bonds is 9. The number of benzene rings is 1. The number of nitrogens with one attached hydrogen (secondary N) is 1. The van der Waals surface area contributed by atoms with Crippen LogP contribution in [0.1, 0.15) is 89.6 Å². The van der Waals surface area contributed by atoms with Crippen LogP contribution in [0.4, 0.5) is 5.69 Å². The summed E-state index contributed by atoms with van der Waals surface area (Å²) in [5.74, 6) is -0.0221. The lowest BCUT2D eigenvalue weighted by molar-refractivity contribution is -0.114. The fraction of sp³-hybridized carbons (Fsp3) is 0.484.